The average molecular weight is 309 g/mol. The Bertz CT molecular complexity index is 409. The van der Waals surface area contributed by atoms with Crippen molar-refractivity contribution in [2.45, 2.75) is 52.5 Å². The third-order valence-electron chi connectivity index (χ3n) is 4.79. The van der Waals surface area contributed by atoms with E-state index in [1.54, 1.807) is 0 Å². The number of carbonyl (C=O) groups is 2. The van der Waals surface area contributed by atoms with Gasteiger partial charge in [-0.15, -0.1) is 0 Å². The minimum atomic E-state index is -0.369. The first-order valence-electron chi connectivity index (χ1n) is 8.55. The molecule has 0 aromatic rings. The van der Waals surface area contributed by atoms with Gasteiger partial charge < -0.3 is 15.1 Å². The second-order valence-corrected chi connectivity index (χ2v) is 7.93. The fourth-order valence-corrected chi connectivity index (χ4v) is 3.32. The molecule has 2 aliphatic rings. The van der Waals surface area contributed by atoms with E-state index < -0.39 is 0 Å². The molecule has 5 heteroatoms. The van der Waals surface area contributed by atoms with Crippen LogP contribution in [0, 0.1) is 11.3 Å². The molecule has 2 rings (SSSR count). The molecule has 0 aromatic carbocycles. The Hall–Kier alpha value is -1.10. The van der Waals surface area contributed by atoms with Gasteiger partial charge in [0.15, 0.2) is 0 Å². The van der Waals surface area contributed by atoms with E-state index >= 15 is 0 Å². The summed E-state index contributed by atoms with van der Waals surface area (Å²) in [5.74, 6) is 0.255. The lowest BCUT2D eigenvalue weighted by Crippen LogP contribution is -2.51. The highest BCUT2D eigenvalue weighted by Gasteiger charge is 2.34. The molecular formula is C17H31N3O2. The van der Waals surface area contributed by atoms with Crippen molar-refractivity contribution in [1.82, 2.24) is 15.1 Å². The van der Waals surface area contributed by atoms with Gasteiger partial charge in [0.2, 0.25) is 11.8 Å². The molecule has 0 aromatic heterocycles. The summed E-state index contributed by atoms with van der Waals surface area (Å²) < 4.78 is 0. The molecule has 2 heterocycles. The van der Waals surface area contributed by atoms with Crippen molar-refractivity contribution >= 4 is 11.8 Å². The monoisotopic (exact) mass is 309 g/mol. The summed E-state index contributed by atoms with van der Waals surface area (Å²) in [6.07, 6.45) is 3.87. The first kappa shape index (κ1) is 17.3. The minimum Gasteiger partial charge on any atom is -0.353 e. The van der Waals surface area contributed by atoms with Gasteiger partial charge in [-0.3, -0.25) is 9.59 Å². The number of likely N-dealkylation sites (tertiary alicyclic amines) is 2. The highest BCUT2D eigenvalue weighted by molar-refractivity contribution is 5.84. The van der Waals surface area contributed by atoms with Gasteiger partial charge in [-0.25, -0.2) is 0 Å². The van der Waals surface area contributed by atoms with Crippen molar-refractivity contribution in [3.05, 3.63) is 0 Å². The second kappa shape index (κ2) is 6.99. The molecule has 1 N–H and O–H groups in total. The van der Waals surface area contributed by atoms with Crippen LogP contribution in [-0.4, -0.2) is 60.9 Å². The maximum Gasteiger partial charge on any atom is 0.227 e. The molecule has 2 aliphatic heterocycles. The molecular weight excluding hydrogens is 278 g/mol. The van der Waals surface area contributed by atoms with Crippen molar-refractivity contribution in [2.75, 3.05) is 33.2 Å². The Morgan fingerprint density at radius 2 is 1.68 bits per heavy atom. The number of piperidine rings is 2. The van der Waals surface area contributed by atoms with Gasteiger partial charge >= 0.3 is 0 Å². The molecule has 0 saturated carbocycles. The van der Waals surface area contributed by atoms with E-state index in [4.69, 9.17) is 0 Å². The number of rotatable bonds is 2. The summed E-state index contributed by atoms with van der Waals surface area (Å²) >= 11 is 0. The smallest absolute Gasteiger partial charge is 0.227 e. The number of hydrogen-bond donors (Lipinski definition) is 1. The van der Waals surface area contributed by atoms with Gasteiger partial charge in [0.25, 0.3) is 0 Å². The van der Waals surface area contributed by atoms with Gasteiger partial charge in [-0.1, -0.05) is 20.8 Å². The second-order valence-electron chi connectivity index (χ2n) is 7.93. The summed E-state index contributed by atoms with van der Waals surface area (Å²) in [4.78, 5) is 29.1. The molecule has 1 atom stereocenters. The van der Waals surface area contributed by atoms with Crippen molar-refractivity contribution in [2.24, 2.45) is 11.3 Å². The van der Waals surface area contributed by atoms with Crippen LogP contribution in [0.5, 0.6) is 0 Å². The minimum absolute atomic E-state index is 0.0419. The quantitative estimate of drug-likeness (QED) is 0.841. The van der Waals surface area contributed by atoms with Crippen LogP contribution in [-0.2, 0) is 9.59 Å². The Kier molecular flexibility index (Phi) is 5.48. The Morgan fingerprint density at radius 3 is 2.27 bits per heavy atom. The summed E-state index contributed by atoms with van der Waals surface area (Å²) in [7, 11) is 2.12. The van der Waals surface area contributed by atoms with Crippen LogP contribution in [0.1, 0.15) is 46.5 Å². The fourth-order valence-electron chi connectivity index (χ4n) is 3.32. The van der Waals surface area contributed by atoms with Gasteiger partial charge in [0.1, 0.15) is 0 Å². The van der Waals surface area contributed by atoms with Crippen molar-refractivity contribution in [1.29, 1.82) is 0 Å². The van der Waals surface area contributed by atoms with Crippen molar-refractivity contribution < 1.29 is 9.59 Å². The van der Waals surface area contributed by atoms with Crippen molar-refractivity contribution in [3.63, 3.8) is 0 Å². The lowest BCUT2D eigenvalue weighted by Gasteiger charge is -2.37. The molecule has 0 radical (unpaired) electrons. The van der Waals surface area contributed by atoms with E-state index in [1.807, 2.05) is 25.7 Å². The molecule has 1 unspecified atom stereocenters. The highest BCUT2D eigenvalue weighted by Crippen LogP contribution is 2.24. The molecule has 22 heavy (non-hydrogen) atoms. The van der Waals surface area contributed by atoms with Crippen molar-refractivity contribution in [3.8, 4) is 0 Å². The average Bonchev–Trinajstić information content (AvgIpc) is 2.48. The van der Waals surface area contributed by atoms with Crippen LogP contribution < -0.4 is 5.32 Å². The SMILES string of the molecule is CN1CCC(NC(=O)C2CCCN(C(=O)C(C)(C)C)C2)CC1. The van der Waals surface area contributed by atoms with E-state index in [0.717, 1.165) is 45.3 Å². The third-order valence-corrected chi connectivity index (χ3v) is 4.79. The van der Waals surface area contributed by atoms with E-state index in [2.05, 4.69) is 17.3 Å². The Labute approximate surface area is 134 Å². The number of nitrogens with zero attached hydrogens (tertiary/aromatic N) is 2. The van der Waals surface area contributed by atoms with Gasteiger partial charge in [-0.2, -0.15) is 0 Å². The van der Waals surface area contributed by atoms with Crippen LogP contribution in [0.2, 0.25) is 0 Å². The lowest BCUT2D eigenvalue weighted by atomic mass is 9.90. The number of amides is 2. The van der Waals surface area contributed by atoms with Crippen LogP contribution >= 0.6 is 0 Å². The van der Waals surface area contributed by atoms with E-state index in [-0.39, 0.29) is 23.1 Å². The molecule has 2 amide bonds. The molecule has 2 fully saturated rings. The number of hydrogen-bond acceptors (Lipinski definition) is 3. The molecule has 126 valence electrons. The maximum absolute atomic E-state index is 12.5. The predicted molar refractivity (Wildman–Crippen MR) is 87.4 cm³/mol. The van der Waals surface area contributed by atoms with Gasteiger partial charge in [0, 0.05) is 24.5 Å². The predicted octanol–water partition coefficient (Wildman–Crippen LogP) is 1.48. The Morgan fingerprint density at radius 1 is 1.05 bits per heavy atom. The lowest BCUT2D eigenvalue weighted by molar-refractivity contribution is -0.143. The maximum atomic E-state index is 12.5. The van der Waals surface area contributed by atoms with E-state index in [0.29, 0.717) is 12.6 Å². The normalized spacial score (nSPS) is 25.1. The molecule has 0 aliphatic carbocycles. The van der Waals surface area contributed by atoms with Gasteiger partial charge in [0.05, 0.1) is 5.92 Å². The zero-order valence-electron chi connectivity index (χ0n) is 14.5. The summed E-state index contributed by atoms with van der Waals surface area (Å²) in [5.41, 5.74) is -0.369. The van der Waals surface area contributed by atoms with E-state index in [1.165, 1.54) is 0 Å². The first-order valence-corrected chi connectivity index (χ1v) is 8.55. The molecule has 0 spiro atoms. The van der Waals surface area contributed by atoms with Crippen LogP contribution in [0.3, 0.4) is 0 Å². The van der Waals surface area contributed by atoms with E-state index in [9.17, 15) is 9.59 Å². The zero-order valence-corrected chi connectivity index (χ0v) is 14.5. The van der Waals surface area contributed by atoms with Crippen LogP contribution in [0.25, 0.3) is 0 Å². The molecule has 5 nitrogen and oxygen atoms in total. The summed E-state index contributed by atoms with van der Waals surface area (Å²) in [6.45, 7) is 9.28. The molecule has 2 saturated heterocycles. The first-order chi connectivity index (χ1) is 10.3. The fraction of sp³-hybridized carbons (Fsp3) is 0.882. The molecule has 0 bridgehead atoms. The largest absolute Gasteiger partial charge is 0.353 e. The van der Waals surface area contributed by atoms with Crippen LogP contribution in [0.4, 0.5) is 0 Å². The summed E-state index contributed by atoms with van der Waals surface area (Å²) in [5, 5.41) is 3.20. The Balaban J connectivity index is 1.86. The number of carbonyl (C=O) groups excluding carboxylic acids is 2. The standard InChI is InChI=1S/C17H31N3O2/c1-17(2,3)16(22)20-9-5-6-13(12-20)15(21)18-14-7-10-19(4)11-8-14/h13-14H,5-12H2,1-4H3,(H,18,21). The number of nitrogens with one attached hydrogen (secondary N) is 1. The van der Waals surface area contributed by atoms with Crippen LogP contribution in [0.15, 0.2) is 0 Å². The van der Waals surface area contributed by atoms with Gasteiger partial charge in [-0.05, 0) is 45.8 Å². The topological polar surface area (TPSA) is 52.7 Å². The third kappa shape index (κ3) is 4.45. The summed E-state index contributed by atoms with van der Waals surface area (Å²) in [6, 6.07) is 0.303. The highest BCUT2D eigenvalue weighted by atomic mass is 16.2. The zero-order chi connectivity index (χ0) is 16.3.